The van der Waals surface area contributed by atoms with E-state index in [9.17, 15) is 24.2 Å². The van der Waals surface area contributed by atoms with Crippen LogP contribution in [0.3, 0.4) is 0 Å². The monoisotopic (exact) mass is 558 g/mol. The van der Waals surface area contributed by atoms with Crippen LogP contribution in [-0.4, -0.2) is 110 Å². The molecule has 1 aliphatic heterocycles. The van der Waals surface area contributed by atoms with Gasteiger partial charge in [-0.2, -0.15) is 0 Å². The van der Waals surface area contributed by atoms with Crippen molar-refractivity contribution in [1.29, 1.82) is 0 Å². The van der Waals surface area contributed by atoms with E-state index in [1.165, 1.54) is 4.90 Å². The van der Waals surface area contributed by atoms with Crippen LogP contribution in [0.15, 0.2) is 0 Å². The molecule has 1 fully saturated rings. The molecule has 3 N–H and O–H groups in total. The van der Waals surface area contributed by atoms with Crippen LogP contribution < -0.4 is 5.32 Å². The van der Waals surface area contributed by atoms with Crippen molar-refractivity contribution in [2.24, 2.45) is 0 Å². The van der Waals surface area contributed by atoms with Crippen LogP contribution in [0.25, 0.3) is 0 Å². The third-order valence-corrected chi connectivity index (χ3v) is 7.28. The molecule has 0 aromatic carbocycles. The number of likely N-dealkylation sites (tertiary alicyclic amines) is 1. The highest BCUT2D eigenvalue weighted by molar-refractivity contribution is 7.58. The number of nitrogens with one attached hydrogen (secondary N) is 1. The number of rotatable bonds is 21. The summed E-state index contributed by atoms with van der Waals surface area (Å²) >= 11 is 0. The largest absolute Gasteiger partial charge is 0.379 e. The number of hydrogen-bond acceptors (Lipinski definition) is 11. The summed E-state index contributed by atoms with van der Waals surface area (Å²) < 4.78 is 31.5. The minimum absolute atomic E-state index is 0.0603. The highest BCUT2D eigenvalue weighted by Gasteiger charge is 2.28. The van der Waals surface area contributed by atoms with Crippen molar-refractivity contribution in [2.45, 2.75) is 45.2 Å². The molecule has 2 atom stereocenters. The van der Waals surface area contributed by atoms with Gasteiger partial charge in [-0.25, -0.2) is 0 Å². The first-order valence-electron chi connectivity index (χ1n) is 11.8. The first-order chi connectivity index (χ1) is 17.1. The Morgan fingerprint density at radius 3 is 1.89 bits per heavy atom. The number of amides is 3. The van der Waals surface area contributed by atoms with E-state index >= 15 is 0 Å². The fraction of sp³-hybridized carbons (Fsp3) is 0.857. The molecule has 0 aromatic rings. The van der Waals surface area contributed by atoms with Gasteiger partial charge in [-0.3, -0.25) is 23.6 Å². The number of nitrogens with zero attached hydrogens (tertiary/aromatic N) is 1. The van der Waals surface area contributed by atoms with Crippen LogP contribution in [0.5, 0.6) is 0 Å². The summed E-state index contributed by atoms with van der Waals surface area (Å²) in [5.41, 5.74) is 0. The minimum atomic E-state index is -2.20. The molecule has 1 rings (SSSR count). The summed E-state index contributed by atoms with van der Waals surface area (Å²) in [6, 6.07) is 0. The van der Waals surface area contributed by atoms with E-state index in [0.29, 0.717) is 46.2 Å². The zero-order chi connectivity index (χ0) is 26.8. The number of hydrogen-bond donors (Lipinski definition) is 3. The molecular weight excluding hydrogens is 518 g/mol. The molecule has 1 heterocycles. The standard InChI is InChI=1S/C21H40N2O11P2/c1-21(2,3)35(27)34-36(28)33-10-7-22-18(24)6-9-29-12-14-31-16-17-32-15-13-30-11-8-23-19(25)4-5-20(23)26/h27-28H,4-17H2,1-3H3,(H,22,24). The SMILES string of the molecule is CC(C)(C)P(O)OP(O)OCCNC(=O)CCOCCOCCOCCOCCN1C(=O)CCC1=O. The maximum Gasteiger partial charge on any atom is 0.335 e. The van der Waals surface area contributed by atoms with Crippen molar-refractivity contribution in [2.75, 3.05) is 72.6 Å². The van der Waals surface area contributed by atoms with Crippen LogP contribution in [0.1, 0.15) is 40.0 Å². The summed E-state index contributed by atoms with van der Waals surface area (Å²) in [6.07, 6.45) is 0.751. The lowest BCUT2D eigenvalue weighted by atomic mass is 10.3. The smallest absolute Gasteiger partial charge is 0.335 e. The van der Waals surface area contributed by atoms with E-state index < -0.39 is 22.1 Å². The van der Waals surface area contributed by atoms with Gasteiger partial charge >= 0.3 is 8.60 Å². The third kappa shape index (κ3) is 16.1. The normalized spacial score (nSPS) is 16.0. The van der Waals surface area contributed by atoms with Crippen molar-refractivity contribution in [3.63, 3.8) is 0 Å². The molecule has 0 saturated carbocycles. The first-order valence-corrected chi connectivity index (χ1v) is 14.2. The molecule has 3 amide bonds. The fourth-order valence-electron chi connectivity index (χ4n) is 2.57. The van der Waals surface area contributed by atoms with Crippen molar-refractivity contribution < 1.29 is 52.0 Å². The summed E-state index contributed by atoms with van der Waals surface area (Å²) in [6.45, 7) is 8.71. The van der Waals surface area contributed by atoms with E-state index in [1.807, 2.05) is 0 Å². The molecule has 13 nitrogen and oxygen atoms in total. The summed E-state index contributed by atoms with van der Waals surface area (Å²) in [7, 11) is -4.01. The Morgan fingerprint density at radius 2 is 1.36 bits per heavy atom. The van der Waals surface area contributed by atoms with Crippen molar-refractivity contribution >= 4 is 34.7 Å². The Labute approximate surface area is 215 Å². The molecule has 0 bridgehead atoms. The average Bonchev–Trinajstić information content (AvgIpc) is 3.13. The summed E-state index contributed by atoms with van der Waals surface area (Å²) in [5, 5.41) is 2.16. The molecule has 0 aromatic heterocycles. The first kappa shape index (κ1) is 33.2. The van der Waals surface area contributed by atoms with E-state index in [-0.39, 0.29) is 63.3 Å². The van der Waals surface area contributed by atoms with Crippen LogP contribution in [0.2, 0.25) is 0 Å². The lowest BCUT2D eigenvalue weighted by molar-refractivity contribution is -0.139. The number of carbonyl (C=O) groups excluding carboxylic acids is 3. The van der Waals surface area contributed by atoms with Crippen LogP contribution in [0, 0.1) is 0 Å². The lowest BCUT2D eigenvalue weighted by Gasteiger charge is -2.25. The van der Waals surface area contributed by atoms with Gasteiger partial charge in [0.25, 0.3) is 0 Å². The van der Waals surface area contributed by atoms with Gasteiger partial charge in [0.2, 0.25) is 17.7 Å². The predicted molar refractivity (Wildman–Crippen MR) is 132 cm³/mol. The Balaban J connectivity index is 1.81. The Bertz CT molecular complexity index is 636. The molecule has 0 radical (unpaired) electrons. The Morgan fingerprint density at radius 1 is 0.861 bits per heavy atom. The van der Waals surface area contributed by atoms with Gasteiger partial charge in [0, 0.05) is 31.0 Å². The van der Waals surface area contributed by atoms with Gasteiger partial charge in [-0.15, -0.1) is 0 Å². The predicted octanol–water partition coefficient (Wildman–Crippen LogP) is 1.06. The average molecular weight is 559 g/mol. The topological polar surface area (TPSA) is 162 Å². The molecule has 1 aliphatic rings. The summed E-state index contributed by atoms with van der Waals surface area (Å²) in [4.78, 5) is 55.3. The molecule has 15 heteroatoms. The minimum Gasteiger partial charge on any atom is -0.379 e. The third-order valence-electron chi connectivity index (χ3n) is 4.55. The van der Waals surface area contributed by atoms with Gasteiger partial charge < -0.3 is 38.6 Å². The highest BCUT2D eigenvalue weighted by atomic mass is 31.2. The van der Waals surface area contributed by atoms with Gasteiger partial charge in [0.1, 0.15) is 0 Å². The second-order valence-electron chi connectivity index (χ2n) is 8.59. The number of carbonyl (C=O) groups is 3. The highest BCUT2D eigenvalue weighted by Crippen LogP contribution is 2.56. The summed E-state index contributed by atoms with van der Waals surface area (Å²) in [5.74, 6) is -0.502. The molecule has 2 unspecified atom stereocenters. The maximum atomic E-state index is 11.7. The van der Waals surface area contributed by atoms with Gasteiger partial charge in [0.15, 0.2) is 8.38 Å². The van der Waals surface area contributed by atoms with Crippen LogP contribution in [-0.2, 0) is 42.2 Å². The molecule has 36 heavy (non-hydrogen) atoms. The van der Waals surface area contributed by atoms with Gasteiger partial charge in [-0.1, -0.05) is 20.8 Å². The van der Waals surface area contributed by atoms with Gasteiger partial charge in [0.05, 0.1) is 66.0 Å². The molecule has 1 saturated heterocycles. The Kier molecular flexibility index (Phi) is 17.7. The number of imide groups is 1. The molecule has 0 spiro atoms. The number of ether oxygens (including phenoxy) is 4. The second kappa shape index (κ2) is 19.3. The van der Waals surface area contributed by atoms with Crippen LogP contribution >= 0.6 is 17.0 Å². The molecule has 0 aliphatic carbocycles. The second-order valence-corrected chi connectivity index (χ2v) is 11.9. The van der Waals surface area contributed by atoms with E-state index in [0.717, 1.165) is 0 Å². The zero-order valence-corrected chi connectivity index (χ0v) is 23.1. The lowest BCUT2D eigenvalue weighted by Crippen LogP contribution is -2.32. The quantitative estimate of drug-likeness (QED) is 0.105. The van der Waals surface area contributed by atoms with E-state index in [1.54, 1.807) is 20.8 Å². The van der Waals surface area contributed by atoms with Gasteiger partial charge in [-0.05, 0) is 0 Å². The maximum absolute atomic E-state index is 11.7. The molecule has 210 valence electrons. The van der Waals surface area contributed by atoms with Crippen LogP contribution in [0.4, 0.5) is 0 Å². The van der Waals surface area contributed by atoms with E-state index in [2.05, 4.69) is 5.32 Å². The van der Waals surface area contributed by atoms with E-state index in [4.69, 9.17) is 27.8 Å². The zero-order valence-electron chi connectivity index (χ0n) is 21.3. The fourth-order valence-corrected chi connectivity index (χ4v) is 4.51. The van der Waals surface area contributed by atoms with Crippen molar-refractivity contribution in [3.05, 3.63) is 0 Å². The van der Waals surface area contributed by atoms with Crippen molar-refractivity contribution in [1.82, 2.24) is 10.2 Å². The molecular formula is C21H40N2O11P2. The Hall–Kier alpha value is -0.850. The van der Waals surface area contributed by atoms with Crippen molar-refractivity contribution in [3.8, 4) is 0 Å².